The van der Waals surface area contributed by atoms with E-state index >= 15 is 0 Å². The maximum atomic E-state index is 14.4. The number of piperidine rings is 1. The third-order valence-corrected chi connectivity index (χ3v) is 5.77. The van der Waals surface area contributed by atoms with Gasteiger partial charge in [0.05, 0.1) is 11.1 Å². The molecule has 3 nitrogen and oxygen atoms in total. The second-order valence-corrected chi connectivity index (χ2v) is 7.29. The van der Waals surface area contributed by atoms with Gasteiger partial charge in [-0.25, -0.2) is 8.78 Å². The third-order valence-electron chi connectivity index (χ3n) is 5.48. The maximum absolute atomic E-state index is 14.4. The number of hydrogen-bond acceptors (Lipinski definition) is 2. The molecule has 0 spiro atoms. The van der Waals surface area contributed by atoms with Crippen LogP contribution in [-0.4, -0.2) is 17.5 Å². The lowest BCUT2D eigenvalue weighted by Crippen LogP contribution is -2.46. The number of halogens is 3. The molecule has 4 rings (SSSR count). The van der Waals surface area contributed by atoms with E-state index in [9.17, 15) is 13.6 Å². The van der Waals surface area contributed by atoms with Crippen molar-refractivity contribution in [3.63, 3.8) is 0 Å². The van der Waals surface area contributed by atoms with Gasteiger partial charge in [0.15, 0.2) is 0 Å². The summed E-state index contributed by atoms with van der Waals surface area (Å²) < 4.78 is 28.2. The lowest BCUT2D eigenvalue weighted by molar-refractivity contribution is -0.120. The van der Waals surface area contributed by atoms with Crippen molar-refractivity contribution in [3.05, 3.63) is 34.4 Å². The summed E-state index contributed by atoms with van der Waals surface area (Å²) in [6, 6.07) is 1.92. The fourth-order valence-corrected chi connectivity index (χ4v) is 4.45. The number of nitrogens with one attached hydrogen (secondary N) is 1. The Hall–Kier alpha value is -1.20. The molecule has 0 radical (unpaired) electrons. The second-order valence-electron chi connectivity index (χ2n) is 6.88. The lowest BCUT2D eigenvalue weighted by Gasteiger charge is -2.29. The van der Waals surface area contributed by atoms with Crippen LogP contribution in [0.3, 0.4) is 0 Å². The van der Waals surface area contributed by atoms with Crippen LogP contribution in [0.25, 0.3) is 0 Å². The number of fused-ring (bicyclic) bond motifs is 1. The summed E-state index contributed by atoms with van der Waals surface area (Å²) in [4.78, 5) is 11.4. The van der Waals surface area contributed by atoms with Gasteiger partial charge in [-0.15, -0.1) is 0 Å². The van der Waals surface area contributed by atoms with Gasteiger partial charge in [0.25, 0.3) is 0 Å². The van der Waals surface area contributed by atoms with Crippen LogP contribution < -0.4 is 11.1 Å². The minimum absolute atomic E-state index is 0.117. The Labute approximate surface area is 132 Å². The van der Waals surface area contributed by atoms with E-state index in [-0.39, 0.29) is 28.4 Å². The van der Waals surface area contributed by atoms with Gasteiger partial charge in [-0.3, -0.25) is 10.1 Å². The summed E-state index contributed by atoms with van der Waals surface area (Å²) in [5.74, 6) is -0.903. The van der Waals surface area contributed by atoms with E-state index in [1.54, 1.807) is 0 Å². The van der Waals surface area contributed by atoms with Crippen LogP contribution in [0.2, 0.25) is 5.02 Å². The molecule has 1 aromatic carbocycles. The first-order chi connectivity index (χ1) is 10.4. The molecule has 118 valence electrons. The molecule has 1 aromatic rings. The SMILES string of the molecule is NC(=O)C1CC2CC2([C@@H](c2cc(F)c(Cl)cc2F)C2CC2)N1. The Morgan fingerprint density at radius 2 is 2.09 bits per heavy atom. The van der Waals surface area contributed by atoms with Crippen LogP contribution in [0, 0.1) is 23.5 Å². The van der Waals surface area contributed by atoms with Crippen molar-refractivity contribution in [1.29, 1.82) is 0 Å². The van der Waals surface area contributed by atoms with Crippen molar-refractivity contribution >= 4 is 17.5 Å². The molecule has 0 bridgehead atoms. The Morgan fingerprint density at radius 1 is 1.36 bits per heavy atom. The van der Waals surface area contributed by atoms with E-state index < -0.39 is 11.6 Å². The molecular weight excluding hydrogens is 310 g/mol. The van der Waals surface area contributed by atoms with Gasteiger partial charge in [-0.1, -0.05) is 11.6 Å². The Morgan fingerprint density at radius 3 is 2.68 bits per heavy atom. The van der Waals surface area contributed by atoms with Crippen LogP contribution in [-0.2, 0) is 4.79 Å². The summed E-state index contributed by atoms with van der Waals surface area (Å²) in [5.41, 5.74) is 5.47. The number of hydrogen-bond donors (Lipinski definition) is 2. The second kappa shape index (κ2) is 4.65. The van der Waals surface area contributed by atoms with Crippen LogP contribution in [0.1, 0.15) is 37.2 Å². The highest BCUT2D eigenvalue weighted by Gasteiger charge is 2.67. The van der Waals surface area contributed by atoms with E-state index in [4.69, 9.17) is 17.3 Å². The third kappa shape index (κ3) is 2.06. The first-order valence-corrected chi connectivity index (χ1v) is 8.01. The first kappa shape index (κ1) is 14.4. The summed E-state index contributed by atoms with van der Waals surface area (Å²) in [6.45, 7) is 0. The topological polar surface area (TPSA) is 55.1 Å². The summed E-state index contributed by atoms with van der Waals surface area (Å²) in [7, 11) is 0. The zero-order valence-electron chi connectivity index (χ0n) is 11.9. The van der Waals surface area contributed by atoms with Gasteiger partial charge in [0, 0.05) is 11.5 Å². The highest BCUT2D eigenvalue weighted by Crippen LogP contribution is 2.64. The molecule has 1 saturated heterocycles. The number of nitrogens with two attached hydrogens (primary N) is 1. The van der Waals surface area contributed by atoms with E-state index in [0.717, 1.165) is 25.3 Å². The number of rotatable bonds is 4. The van der Waals surface area contributed by atoms with Gasteiger partial charge < -0.3 is 5.73 Å². The summed E-state index contributed by atoms with van der Waals surface area (Å²) in [6.07, 6.45) is 3.59. The molecule has 22 heavy (non-hydrogen) atoms. The zero-order chi connectivity index (χ0) is 15.6. The minimum Gasteiger partial charge on any atom is -0.368 e. The molecule has 3 N–H and O–H groups in total. The molecule has 6 heteroatoms. The van der Waals surface area contributed by atoms with Crippen molar-refractivity contribution in [3.8, 4) is 0 Å². The number of amides is 1. The van der Waals surface area contributed by atoms with Crippen molar-refractivity contribution in [2.75, 3.05) is 0 Å². The highest BCUT2D eigenvalue weighted by atomic mass is 35.5. The molecule has 0 aromatic heterocycles. The molecular formula is C16H17ClF2N2O. The fourth-order valence-electron chi connectivity index (χ4n) is 4.30. The van der Waals surface area contributed by atoms with Crippen LogP contribution >= 0.6 is 11.6 Å². The lowest BCUT2D eigenvalue weighted by atomic mass is 9.84. The average Bonchev–Trinajstić information content (AvgIpc) is 3.36. The van der Waals surface area contributed by atoms with E-state index in [1.807, 2.05) is 0 Å². The van der Waals surface area contributed by atoms with Crippen molar-refractivity contribution in [1.82, 2.24) is 5.32 Å². The van der Waals surface area contributed by atoms with Gasteiger partial charge in [-0.2, -0.15) is 0 Å². The van der Waals surface area contributed by atoms with Gasteiger partial charge in [0.1, 0.15) is 11.6 Å². The quantitative estimate of drug-likeness (QED) is 0.836. The molecule has 3 fully saturated rings. The van der Waals surface area contributed by atoms with Gasteiger partial charge in [0.2, 0.25) is 5.91 Å². The molecule has 1 heterocycles. The monoisotopic (exact) mass is 326 g/mol. The largest absolute Gasteiger partial charge is 0.368 e. The number of carbonyl (C=O) groups excluding carboxylic acids is 1. The van der Waals surface area contributed by atoms with Crippen molar-refractivity contribution < 1.29 is 13.6 Å². The van der Waals surface area contributed by atoms with E-state index in [1.165, 1.54) is 6.07 Å². The van der Waals surface area contributed by atoms with Crippen LogP contribution in [0.5, 0.6) is 0 Å². The summed E-state index contributed by atoms with van der Waals surface area (Å²) >= 11 is 5.66. The zero-order valence-corrected chi connectivity index (χ0v) is 12.7. The number of carbonyl (C=O) groups is 1. The smallest absolute Gasteiger partial charge is 0.234 e. The minimum atomic E-state index is -0.596. The molecule has 3 unspecified atom stereocenters. The predicted octanol–water partition coefficient (Wildman–Crippen LogP) is 2.72. The predicted molar refractivity (Wildman–Crippen MR) is 78.4 cm³/mol. The molecule has 3 aliphatic rings. The van der Waals surface area contributed by atoms with Gasteiger partial charge >= 0.3 is 0 Å². The Balaban J connectivity index is 1.72. The Bertz CT molecular complexity index is 664. The van der Waals surface area contributed by atoms with Crippen LogP contribution in [0.4, 0.5) is 8.78 Å². The Kier molecular flexibility index (Phi) is 3.04. The molecule has 1 amide bonds. The highest BCUT2D eigenvalue weighted by molar-refractivity contribution is 6.30. The van der Waals surface area contributed by atoms with Crippen molar-refractivity contribution in [2.45, 2.75) is 43.2 Å². The molecule has 1 aliphatic heterocycles. The van der Waals surface area contributed by atoms with Crippen LogP contribution in [0.15, 0.2) is 12.1 Å². The standard InChI is InChI=1S/C16H17ClF2N2O/c17-10-5-11(18)9(4-12(10)19)14(7-1-2-7)16-6-8(16)3-13(21-16)15(20)22/h4-5,7-8,13-14,21H,1-3,6H2,(H2,20,22)/t8?,13?,14-,16?/m1/s1. The summed E-state index contributed by atoms with van der Waals surface area (Å²) in [5, 5.41) is 3.13. The maximum Gasteiger partial charge on any atom is 0.234 e. The molecule has 2 aliphatic carbocycles. The van der Waals surface area contributed by atoms with E-state index in [0.29, 0.717) is 23.8 Å². The fraction of sp³-hybridized carbons (Fsp3) is 0.562. The number of primary amides is 1. The molecule has 2 saturated carbocycles. The number of benzene rings is 1. The van der Waals surface area contributed by atoms with Gasteiger partial charge in [-0.05, 0) is 55.2 Å². The first-order valence-electron chi connectivity index (χ1n) is 7.64. The normalized spacial score (nSPS) is 34.3. The van der Waals surface area contributed by atoms with Crippen molar-refractivity contribution in [2.24, 2.45) is 17.6 Å². The van der Waals surface area contributed by atoms with E-state index in [2.05, 4.69) is 5.32 Å². The average molecular weight is 327 g/mol. The molecule has 4 atom stereocenters.